The molecule has 1 aromatic heterocycles. The van der Waals surface area contributed by atoms with Crippen LogP contribution in [-0.2, 0) is 26.3 Å². The molecule has 7 nitrogen and oxygen atoms in total. The van der Waals surface area contributed by atoms with Gasteiger partial charge in [0.15, 0.2) is 0 Å². The Balaban J connectivity index is 1.50. The van der Waals surface area contributed by atoms with E-state index in [1.54, 1.807) is 41.1 Å². The molecule has 0 radical (unpaired) electrons. The summed E-state index contributed by atoms with van der Waals surface area (Å²) in [5.74, 6) is -1.25. The summed E-state index contributed by atoms with van der Waals surface area (Å²) in [5, 5.41) is 11.8. The number of hydrogen-bond donors (Lipinski definition) is 2. The second-order valence-electron chi connectivity index (χ2n) is 7.02. The molecular formula is C22H20N2O5S. The quantitative estimate of drug-likeness (QED) is 0.343. The van der Waals surface area contributed by atoms with Gasteiger partial charge in [-0.3, -0.25) is 14.8 Å². The van der Waals surface area contributed by atoms with Gasteiger partial charge in [-0.05, 0) is 24.1 Å². The van der Waals surface area contributed by atoms with E-state index in [4.69, 9.17) is 14.7 Å². The van der Waals surface area contributed by atoms with Crippen LogP contribution in [0.5, 0.6) is 5.75 Å². The summed E-state index contributed by atoms with van der Waals surface area (Å²) in [5.41, 5.74) is 2.98. The number of amides is 1. The molecular weight excluding hydrogens is 404 g/mol. The zero-order valence-electron chi connectivity index (χ0n) is 16.2. The maximum atomic E-state index is 12.4. The van der Waals surface area contributed by atoms with Gasteiger partial charge in [0.2, 0.25) is 5.91 Å². The lowest BCUT2D eigenvalue weighted by Crippen LogP contribution is -2.31. The number of aromatic nitrogens is 1. The summed E-state index contributed by atoms with van der Waals surface area (Å²) in [4.78, 5) is 28.9. The van der Waals surface area contributed by atoms with Crippen LogP contribution in [0.1, 0.15) is 17.7 Å². The Morgan fingerprint density at radius 2 is 2.03 bits per heavy atom. The topological polar surface area (TPSA) is 97.8 Å². The predicted octanol–water partition coefficient (Wildman–Crippen LogP) is 3.33. The fourth-order valence-corrected chi connectivity index (χ4v) is 4.42. The lowest BCUT2D eigenvalue weighted by atomic mass is 9.92. The van der Waals surface area contributed by atoms with Crippen molar-refractivity contribution in [2.24, 2.45) is 5.92 Å². The molecule has 2 N–H and O–H groups in total. The van der Waals surface area contributed by atoms with E-state index in [0.717, 1.165) is 16.3 Å². The second-order valence-corrected chi connectivity index (χ2v) is 7.88. The van der Waals surface area contributed by atoms with Crippen LogP contribution in [0.15, 0.2) is 60.0 Å². The molecule has 154 valence electrons. The first-order chi connectivity index (χ1) is 14.6. The lowest BCUT2D eigenvalue weighted by molar-refractivity contribution is -0.146. The number of carbonyl (C=O) groups excluding carboxylic acids is 2. The number of rotatable bonds is 7. The third-order valence-corrected chi connectivity index (χ3v) is 6.19. The van der Waals surface area contributed by atoms with Gasteiger partial charge in [-0.2, -0.15) is 0 Å². The number of methoxy groups -OCH3 is 1. The Bertz CT molecular complexity index is 1070. The highest BCUT2D eigenvalue weighted by Gasteiger charge is 2.65. The summed E-state index contributed by atoms with van der Waals surface area (Å²) in [6, 6.07) is 16.9. The molecule has 1 aliphatic rings. The number of nitrogens with zero attached hydrogens (tertiary/aromatic N) is 1. The lowest BCUT2D eigenvalue weighted by Gasteiger charge is -2.16. The average molecular weight is 424 g/mol. The Kier molecular flexibility index (Phi) is 5.52. The van der Waals surface area contributed by atoms with Crippen LogP contribution in [0.2, 0.25) is 0 Å². The van der Waals surface area contributed by atoms with Crippen LogP contribution in [-0.4, -0.2) is 29.2 Å². The largest absolute Gasteiger partial charge is 0.487 e. The number of esters is 1. The third kappa shape index (κ3) is 3.67. The Hall–Kier alpha value is -3.23. The van der Waals surface area contributed by atoms with Gasteiger partial charge in [0.1, 0.15) is 22.8 Å². The van der Waals surface area contributed by atoms with Gasteiger partial charge in [0.25, 0.3) is 0 Å². The summed E-state index contributed by atoms with van der Waals surface area (Å²) in [7, 11) is 1.28. The minimum atomic E-state index is -1.11. The van der Waals surface area contributed by atoms with Gasteiger partial charge in [-0.25, -0.2) is 10.5 Å². The molecule has 0 spiro atoms. The summed E-state index contributed by atoms with van der Waals surface area (Å²) >= 11 is 1.55. The summed E-state index contributed by atoms with van der Waals surface area (Å²) in [6.45, 7) is 0.276. The number of benzene rings is 2. The first-order valence-electron chi connectivity index (χ1n) is 9.34. The maximum absolute atomic E-state index is 12.4. The SMILES string of the molecule is COC(=O)[C@@]1(c2cccc(OCc3csc(-c4ccccc4)n3)c2)C[C@@H]1C(=O)NO. The van der Waals surface area contributed by atoms with E-state index in [2.05, 4.69) is 4.98 Å². The third-order valence-electron chi connectivity index (χ3n) is 5.25. The molecule has 2 aromatic carbocycles. The Morgan fingerprint density at radius 1 is 1.23 bits per heavy atom. The number of ether oxygens (including phenoxy) is 2. The molecule has 0 aliphatic heterocycles. The van der Waals surface area contributed by atoms with Gasteiger partial charge < -0.3 is 9.47 Å². The predicted molar refractivity (Wildman–Crippen MR) is 110 cm³/mol. The molecule has 30 heavy (non-hydrogen) atoms. The second kappa shape index (κ2) is 8.25. The molecule has 4 rings (SSSR count). The van der Waals surface area contributed by atoms with Crippen LogP contribution in [0.3, 0.4) is 0 Å². The van der Waals surface area contributed by atoms with E-state index in [-0.39, 0.29) is 13.0 Å². The normalized spacial score (nSPS) is 19.7. The van der Waals surface area contributed by atoms with Crippen molar-refractivity contribution in [3.05, 3.63) is 71.2 Å². The molecule has 1 saturated carbocycles. The highest BCUT2D eigenvalue weighted by atomic mass is 32.1. The molecule has 2 atom stereocenters. The molecule has 0 bridgehead atoms. The van der Waals surface area contributed by atoms with Gasteiger partial charge in [0, 0.05) is 10.9 Å². The van der Waals surface area contributed by atoms with Crippen LogP contribution in [0.4, 0.5) is 0 Å². The summed E-state index contributed by atoms with van der Waals surface area (Å²) < 4.78 is 10.8. The van der Waals surface area contributed by atoms with Crippen molar-refractivity contribution in [1.29, 1.82) is 0 Å². The Labute approximate surface area is 177 Å². The number of hydroxylamine groups is 1. The number of nitrogens with one attached hydrogen (secondary N) is 1. The van der Waals surface area contributed by atoms with E-state index in [0.29, 0.717) is 11.3 Å². The van der Waals surface area contributed by atoms with Gasteiger partial charge in [0.05, 0.1) is 18.7 Å². The van der Waals surface area contributed by atoms with Crippen molar-refractivity contribution in [3.8, 4) is 16.3 Å². The van der Waals surface area contributed by atoms with Crippen LogP contribution >= 0.6 is 11.3 Å². The maximum Gasteiger partial charge on any atom is 0.317 e. The van der Waals surface area contributed by atoms with E-state index in [1.165, 1.54) is 7.11 Å². The van der Waals surface area contributed by atoms with Gasteiger partial charge in [-0.1, -0.05) is 42.5 Å². The van der Waals surface area contributed by atoms with Crippen molar-refractivity contribution in [1.82, 2.24) is 10.5 Å². The molecule has 0 unspecified atom stereocenters. The zero-order chi connectivity index (χ0) is 21.1. The zero-order valence-corrected chi connectivity index (χ0v) is 17.0. The van der Waals surface area contributed by atoms with Crippen molar-refractivity contribution < 1.29 is 24.3 Å². The number of thiazole rings is 1. The standard InChI is InChI=1S/C22H20N2O5S/c1-28-21(26)22(11-18(22)19(25)24-27)15-8-5-9-17(10-15)29-12-16-13-30-20(23-16)14-6-3-2-4-7-14/h2-10,13,18,27H,11-12H2,1H3,(H,24,25)/t18-,22-/m1/s1. The minimum Gasteiger partial charge on any atom is -0.487 e. The number of carbonyl (C=O) groups is 2. The summed E-state index contributed by atoms with van der Waals surface area (Å²) in [6.07, 6.45) is 0.266. The van der Waals surface area contributed by atoms with E-state index >= 15 is 0 Å². The molecule has 1 heterocycles. The number of hydrogen-bond acceptors (Lipinski definition) is 7. The van der Waals surface area contributed by atoms with E-state index < -0.39 is 23.2 Å². The smallest absolute Gasteiger partial charge is 0.317 e. The van der Waals surface area contributed by atoms with Crippen molar-refractivity contribution in [2.45, 2.75) is 18.4 Å². The van der Waals surface area contributed by atoms with Crippen molar-refractivity contribution in [3.63, 3.8) is 0 Å². The molecule has 0 saturated heterocycles. The van der Waals surface area contributed by atoms with Crippen molar-refractivity contribution in [2.75, 3.05) is 7.11 Å². The molecule has 1 amide bonds. The van der Waals surface area contributed by atoms with Gasteiger partial charge in [-0.15, -0.1) is 11.3 Å². The fraction of sp³-hybridized carbons (Fsp3) is 0.227. The molecule has 3 aromatic rings. The van der Waals surface area contributed by atoms with E-state index in [9.17, 15) is 9.59 Å². The van der Waals surface area contributed by atoms with Crippen molar-refractivity contribution >= 4 is 23.2 Å². The Morgan fingerprint density at radius 3 is 2.77 bits per heavy atom. The molecule has 8 heteroatoms. The average Bonchev–Trinajstić information content (AvgIpc) is 3.39. The van der Waals surface area contributed by atoms with Gasteiger partial charge >= 0.3 is 5.97 Å². The molecule has 1 fully saturated rings. The highest BCUT2D eigenvalue weighted by Crippen LogP contribution is 2.55. The monoisotopic (exact) mass is 424 g/mol. The van der Waals surface area contributed by atoms with Crippen LogP contribution in [0, 0.1) is 5.92 Å². The fourth-order valence-electron chi connectivity index (χ4n) is 3.61. The highest BCUT2D eigenvalue weighted by molar-refractivity contribution is 7.13. The molecule has 1 aliphatic carbocycles. The van der Waals surface area contributed by atoms with Crippen LogP contribution < -0.4 is 10.2 Å². The van der Waals surface area contributed by atoms with E-state index in [1.807, 2.05) is 35.7 Å². The first kappa shape index (κ1) is 20.1. The first-order valence-corrected chi connectivity index (χ1v) is 10.2. The minimum absolute atomic E-state index is 0.266. The van der Waals surface area contributed by atoms with Crippen LogP contribution in [0.25, 0.3) is 10.6 Å².